The number of amides is 1. The summed E-state index contributed by atoms with van der Waals surface area (Å²) in [5.74, 6) is -0.212. The summed E-state index contributed by atoms with van der Waals surface area (Å²) in [7, 11) is 0. The summed E-state index contributed by atoms with van der Waals surface area (Å²) in [4.78, 5) is 14.5. The third kappa shape index (κ3) is 5.82. The summed E-state index contributed by atoms with van der Waals surface area (Å²) in [6.07, 6.45) is -1.76. The van der Waals surface area contributed by atoms with Gasteiger partial charge in [-0.15, -0.1) is 0 Å². The van der Waals surface area contributed by atoms with Gasteiger partial charge in [0.15, 0.2) is 0 Å². The van der Waals surface area contributed by atoms with Gasteiger partial charge in [-0.1, -0.05) is 36.4 Å². The Kier molecular flexibility index (Phi) is 6.16. The van der Waals surface area contributed by atoms with Crippen LogP contribution in [0.1, 0.15) is 35.1 Å². The van der Waals surface area contributed by atoms with Crippen LogP contribution in [0.3, 0.4) is 0 Å². The molecule has 0 radical (unpaired) electrons. The van der Waals surface area contributed by atoms with Crippen LogP contribution >= 0.6 is 0 Å². The summed E-state index contributed by atoms with van der Waals surface area (Å²) in [6.45, 7) is 3.67. The maximum Gasteiger partial charge on any atom is 0.416 e. The number of benzene rings is 2. The van der Waals surface area contributed by atoms with Crippen LogP contribution in [0.2, 0.25) is 0 Å². The lowest BCUT2D eigenvalue weighted by molar-refractivity contribution is -0.137. The predicted molar refractivity (Wildman–Crippen MR) is 97.9 cm³/mol. The van der Waals surface area contributed by atoms with Crippen molar-refractivity contribution in [1.29, 1.82) is 0 Å². The van der Waals surface area contributed by atoms with Crippen LogP contribution in [0, 0.1) is 0 Å². The second kappa shape index (κ2) is 8.57. The number of nitrogens with one attached hydrogen (secondary N) is 1. The third-order valence-corrected chi connectivity index (χ3v) is 4.76. The van der Waals surface area contributed by atoms with Crippen LogP contribution in [0.15, 0.2) is 48.5 Å². The maximum absolute atomic E-state index is 12.6. The van der Waals surface area contributed by atoms with Crippen LogP contribution in [0.5, 0.6) is 0 Å². The quantitative estimate of drug-likeness (QED) is 0.821. The van der Waals surface area contributed by atoms with E-state index >= 15 is 0 Å². The molecule has 1 N–H and O–H groups in total. The first-order chi connectivity index (χ1) is 12.9. The minimum Gasteiger partial charge on any atom is -0.352 e. The van der Waals surface area contributed by atoms with Gasteiger partial charge in [-0.05, 0) is 54.8 Å². The minimum atomic E-state index is -4.36. The van der Waals surface area contributed by atoms with Gasteiger partial charge in [-0.3, -0.25) is 9.69 Å². The first-order valence-electron chi connectivity index (χ1n) is 9.13. The topological polar surface area (TPSA) is 32.3 Å². The van der Waals surface area contributed by atoms with E-state index in [2.05, 4.69) is 22.3 Å². The molecule has 1 fully saturated rings. The van der Waals surface area contributed by atoms with Crippen molar-refractivity contribution in [1.82, 2.24) is 10.2 Å². The molecule has 6 heteroatoms. The van der Waals surface area contributed by atoms with Crippen molar-refractivity contribution in [2.24, 2.45) is 0 Å². The van der Waals surface area contributed by atoms with E-state index < -0.39 is 11.7 Å². The molecule has 2 aromatic rings. The summed E-state index contributed by atoms with van der Waals surface area (Å²) in [5, 5.41) is 2.81. The highest BCUT2D eigenvalue weighted by Gasteiger charge is 2.29. The van der Waals surface area contributed by atoms with Crippen molar-refractivity contribution in [3.05, 3.63) is 70.8 Å². The molecule has 0 atom stereocenters. The number of carbonyl (C=O) groups is 1. The Hall–Kier alpha value is -2.34. The van der Waals surface area contributed by atoms with Crippen molar-refractivity contribution >= 4 is 5.91 Å². The summed E-state index contributed by atoms with van der Waals surface area (Å²) < 4.78 is 37.7. The highest BCUT2D eigenvalue weighted by molar-refractivity contribution is 5.78. The lowest BCUT2D eigenvalue weighted by atomic mass is 10.1. The number of hydrogen-bond acceptors (Lipinski definition) is 2. The van der Waals surface area contributed by atoms with Crippen LogP contribution in [0.25, 0.3) is 0 Å². The molecule has 3 nitrogen and oxygen atoms in total. The lowest BCUT2D eigenvalue weighted by Gasteiger charge is -2.14. The van der Waals surface area contributed by atoms with E-state index in [1.807, 2.05) is 12.1 Å². The van der Waals surface area contributed by atoms with Crippen LogP contribution < -0.4 is 5.32 Å². The van der Waals surface area contributed by atoms with Gasteiger partial charge in [0, 0.05) is 13.1 Å². The first kappa shape index (κ1) is 19.4. The fourth-order valence-corrected chi connectivity index (χ4v) is 3.22. The number of nitrogens with zero attached hydrogens (tertiary/aromatic N) is 1. The molecule has 1 aliphatic heterocycles. The summed E-state index contributed by atoms with van der Waals surface area (Å²) in [6, 6.07) is 12.9. The predicted octanol–water partition coefficient (Wildman–Crippen LogP) is 4.16. The molecule has 0 spiro atoms. The molecule has 27 heavy (non-hydrogen) atoms. The van der Waals surface area contributed by atoms with E-state index in [4.69, 9.17) is 0 Å². The van der Waals surface area contributed by atoms with Gasteiger partial charge in [-0.25, -0.2) is 0 Å². The average Bonchev–Trinajstić information content (AvgIpc) is 3.14. The third-order valence-electron chi connectivity index (χ3n) is 4.76. The molecule has 1 amide bonds. The number of carbonyl (C=O) groups excluding carboxylic acids is 1. The molecular weight excluding hydrogens is 353 g/mol. The molecule has 0 aliphatic carbocycles. The second-order valence-electron chi connectivity index (χ2n) is 6.95. The van der Waals surface area contributed by atoms with Crippen LogP contribution in [-0.4, -0.2) is 23.9 Å². The molecule has 0 aromatic heterocycles. The Balaban J connectivity index is 1.45. The summed E-state index contributed by atoms with van der Waals surface area (Å²) in [5.41, 5.74) is 2.11. The molecule has 0 unspecified atom stereocenters. The van der Waals surface area contributed by atoms with Gasteiger partial charge >= 0.3 is 6.18 Å². The van der Waals surface area contributed by atoms with E-state index in [0.717, 1.165) is 37.3 Å². The zero-order valence-corrected chi connectivity index (χ0v) is 15.1. The van der Waals surface area contributed by atoms with Crippen molar-refractivity contribution < 1.29 is 18.0 Å². The first-order valence-corrected chi connectivity index (χ1v) is 9.13. The standard InChI is InChI=1S/C21H23F3N2O/c22-21(23,24)19-9-7-16(8-10-19)13-20(27)25-14-17-3-5-18(6-4-17)15-26-11-1-2-12-26/h3-10H,1-2,11-15H2,(H,25,27). The maximum atomic E-state index is 12.6. The molecule has 2 aromatic carbocycles. The number of rotatable bonds is 6. The smallest absolute Gasteiger partial charge is 0.352 e. The molecule has 1 saturated heterocycles. The number of hydrogen-bond donors (Lipinski definition) is 1. The van der Waals surface area contributed by atoms with Crippen molar-refractivity contribution in [3.63, 3.8) is 0 Å². The summed E-state index contributed by atoms with van der Waals surface area (Å²) >= 11 is 0. The molecule has 1 aliphatic rings. The highest BCUT2D eigenvalue weighted by Crippen LogP contribution is 2.29. The average molecular weight is 376 g/mol. The molecular formula is C21H23F3N2O. The second-order valence-corrected chi connectivity index (χ2v) is 6.95. The minimum absolute atomic E-state index is 0.0607. The monoisotopic (exact) mass is 376 g/mol. The fraction of sp³-hybridized carbons (Fsp3) is 0.381. The number of alkyl halides is 3. The Morgan fingerprint density at radius 3 is 2.04 bits per heavy atom. The Morgan fingerprint density at radius 2 is 1.44 bits per heavy atom. The largest absolute Gasteiger partial charge is 0.416 e. The van der Waals surface area contributed by atoms with Crippen molar-refractivity contribution in [3.8, 4) is 0 Å². The normalized spacial score (nSPS) is 15.1. The van der Waals surface area contributed by atoms with Gasteiger partial charge in [0.25, 0.3) is 0 Å². The number of halogens is 3. The molecule has 0 saturated carbocycles. The highest BCUT2D eigenvalue weighted by atomic mass is 19.4. The lowest BCUT2D eigenvalue weighted by Crippen LogP contribution is -2.24. The zero-order valence-electron chi connectivity index (χ0n) is 15.1. The Morgan fingerprint density at radius 1 is 0.889 bits per heavy atom. The van der Waals surface area contributed by atoms with E-state index in [1.165, 1.54) is 30.5 Å². The van der Waals surface area contributed by atoms with E-state index in [9.17, 15) is 18.0 Å². The zero-order chi connectivity index (χ0) is 19.3. The van der Waals surface area contributed by atoms with Crippen molar-refractivity contribution in [2.45, 2.75) is 38.5 Å². The Labute approximate surface area is 157 Å². The van der Waals surface area contributed by atoms with Gasteiger partial charge in [0.2, 0.25) is 5.91 Å². The van der Waals surface area contributed by atoms with Gasteiger partial charge in [0.05, 0.1) is 12.0 Å². The Bertz CT molecular complexity index is 748. The van der Waals surface area contributed by atoms with Crippen LogP contribution in [0.4, 0.5) is 13.2 Å². The van der Waals surface area contributed by atoms with E-state index in [1.54, 1.807) is 0 Å². The molecule has 3 rings (SSSR count). The van der Waals surface area contributed by atoms with Gasteiger partial charge in [-0.2, -0.15) is 13.2 Å². The van der Waals surface area contributed by atoms with Crippen LogP contribution in [-0.2, 0) is 30.5 Å². The van der Waals surface area contributed by atoms with Gasteiger partial charge < -0.3 is 5.32 Å². The van der Waals surface area contributed by atoms with Crippen molar-refractivity contribution in [2.75, 3.05) is 13.1 Å². The number of likely N-dealkylation sites (tertiary alicyclic amines) is 1. The molecule has 1 heterocycles. The molecule has 0 bridgehead atoms. The molecule has 144 valence electrons. The van der Waals surface area contributed by atoms with Gasteiger partial charge in [0.1, 0.15) is 0 Å². The SMILES string of the molecule is O=C(Cc1ccc(C(F)(F)F)cc1)NCc1ccc(CN2CCCC2)cc1. The van der Waals surface area contributed by atoms with E-state index in [0.29, 0.717) is 12.1 Å². The fourth-order valence-electron chi connectivity index (χ4n) is 3.22. The van der Waals surface area contributed by atoms with E-state index in [-0.39, 0.29) is 12.3 Å².